The van der Waals surface area contributed by atoms with Gasteiger partial charge in [-0.05, 0) is 25.3 Å². The van der Waals surface area contributed by atoms with E-state index >= 15 is 0 Å². The van der Waals surface area contributed by atoms with Crippen LogP contribution >= 0.6 is 0 Å². The highest BCUT2D eigenvalue weighted by molar-refractivity contribution is 5.84. The first-order valence-electron chi connectivity index (χ1n) is 7.18. The molecule has 2 atom stereocenters. The van der Waals surface area contributed by atoms with E-state index in [1.54, 1.807) is 0 Å². The Bertz CT molecular complexity index is 416. The molecule has 1 aliphatic rings. The van der Waals surface area contributed by atoms with Crippen molar-refractivity contribution in [1.82, 2.24) is 10.2 Å². The number of nitrogens with one attached hydrogen (secondary N) is 1. The van der Waals surface area contributed by atoms with Crippen molar-refractivity contribution in [3.8, 4) is 0 Å². The van der Waals surface area contributed by atoms with Gasteiger partial charge in [-0.15, -0.1) is 0 Å². The lowest BCUT2D eigenvalue weighted by Gasteiger charge is -2.25. The summed E-state index contributed by atoms with van der Waals surface area (Å²) in [5.74, 6) is 0.261. The Morgan fingerprint density at radius 1 is 1.26 bits per heavy atom. The number of carbonyl (C=O) groups excluding carboxylic acids is 1. The fraction of sp³-hybridized carbons (Fsp3) is 0.562. The van der Waals surface area contributed by atoms with Crippen LogP contribution in [0.25, 0.3) is 0 Å². The summed E-state index contributed by atoms with van der Waals surface area (Å²) in [7, 11) is 0. The van der Waals surface area contributed by atoms with E-state index in [-0.39, 0.29) is 18.0 Å². The molecular weight excluding hydrogens is 236 g/mol. The van der Waals surface area contributed by atoms with Gasteiger partial charge in [0.1, 0.15) is 0 Å². The van der Waals surface area contributed by atoms with Crippen molar-refractivity contribution in [3.63, 3.8) is 0 Å². The van der Waals surface area contributed by atoms with E-state index in [1.807, 2.05) is 11.0 Å². The predicted molar refractivity (Wildman–Crippen MR) is 78.0 cm³/mol. The molecule has 0 radical (unpaired) electrons. The highest BCUT2D eigenvalue weighted by atomic mass is 16.2. The van der Waals surface area contributed by atoms with Gasteiger partial charge in [-0.1, -0.05) is 44.2 Å². The molecule has 1 amide bonds. The topological polar surface area (TPSA) is 32.3 Å². The minimum absolute atomic E-state index is 0.0122. The molecule has 3 heteroatoms. The van der Waals surface area contributed by atoms with Crippen molar-refractivity contribution < 1.29 is 4.79 Å². The smallest absolute Gasteiger partial charge is 0.240 e. The van der Waals surface area contributed by atoms with Crippen LogP contribution in [0.15, 0.2) is 30.3 Å². The molecule has 2 rings (SSSR count). The zero-order valence-electron chi connectivity index (χ0n) is 12.1. The van der Waals surface area contributed by atoms with Crippen LogP contribution in [-0.4, -0.2) is 35.5 Å². The number of likely N-dealkylation sites (tertiary alicyclic amines) is 1. The molecule has 1 aromatic carbocycles. The summed E-state index contributed by atoms with van der Waals surface area (Å²) in [5.41, 5.74) is 1.29. The zero-order valence-corrected chi connectivity index (χ0v) is 12.1. The maximum absolute atomic E-state index is 12.3. The third kappa shape index (κ3) is 3.57. The average molecular weight is 260 g/mol. The van der Waals surface area contributed by atoms with Crippen LogP contribution in [0.2, 0.25) is 0 Å². The molecule has 2 unspecified atom stereocenters. The van der Waals surface area contributed by atoms with Gasteiger partial charge in [0.2, 0.25) is 5.91 Å². The number of nitrogens with zero attached hydrogens (tertiary/aromatic N) is 1. The molecular formula is C16H24N2O. The zero-order chi connectivity index (χ0) is 13.8. The largest absolute Gasteiger partial charge is 0.338 e. The molecule has 1 aliphatic heterocycles. The standard InChI is InChI=1S/C16H24N2O/c1-12(2)17-15-9-10-18(16(15)19)13(3)11-14-7-5-4-6-8-14/h4-8,12-13,15,17H,9-11H2,1-3H3. The van der Waals surface area contributed by atoms with Gasteiger partial charge in [0.05, 0.1) is 6.04 Å². The van der Waals surface area contributed by atoms with Crippen LogP contribution in [0.3, 0.4) is 0 Å². The van der Waals surface area contributed by atoms with E-state index in [1.165, 1.54) is 5.56 Å². The molecule has 1 fully saturated rings. The van der Waals surface area contributed by atoms with Crippen LogP contribution in [0.4, 0.5) is 0 Å². The van der Waals surface area contributed by atoms with Crippen LogP contribution < -0.4 is 5.32 Å². The van der Waals surface area contributed by atoms with Crippen LogP contribution in [0, 0.1) is 0 Å². The Morgan fingerprint density at radius 3 is 2.58 bits per heavy atom. The maximum atomic E-state index is 12.3. The highest BCUT2D eigenvalue weighted by Gasteiger charge is 2.34. The normalized spacial score (nSPS) is 21.2. The molecule has 1 saturated heterocycles. The summed E-state index contributed by atoms with van der Waals surface area (Å²) in [6, 6.07) is 11.0. The SMILES string of the molecule is CC(C)NC1CCN(C(C)Cc2ccccc2)C1=O. The van der Waals surface area contributed by atoms with Gasteiger partial charge in [0.25, 0.3) is 0 Å². The maximum Gasteiger partial charge on any atom is 0.240 e. The summed E-state index contributed by atoms with van der Waals surface area (Å²) in [6.45, 7) is 7.19. The fourth-order valence-electron chi connectivity index (χ4n) is 2.76. The number of hydrogen-bond acceptors (Lipinski definition) is 2. The predicted octanol–water partition coefficient (Wildman–Crippen LogP) is 2.22. The lowest BCUT2D eigenvalue weighted by Crippen LogP contribution is -2.44. The van der Waals surface area contributed by atoms with Gasteiger partial charge in [-0.2, -0.15) is 0 Å². The molecule has 0 saturated carbocycles. The third-order valence-electron chi connectivity index (χ3n) is 3.68. The number of benzene rings is 1. The molecule has 1 N–H and O–H groups in total. The lowest BCUT2D eigenvalue weighted by molar-refractivity contribution is -0.131. The second-order valence-corrected chi connectivity index (χ2v) is 5.73. The Morgan fingerprint density at radius 2 is 1.95 bits per heavy atom. The van der Waals surface area contributed by atoms with E-state index < -0.39 is 0 Å². The molecule has 1 heterocycles. The molecule has 0 aromatic heterocycles. The van der Waals surface area contributed by atoms with Crippen molar-refractivity contribution >= 4 is 5.91 Å². The first kappa shape index (κ1) is 14.1. The van der Waals surface area contributed by atoms with Gasteiger partial charge in [0.15, 0.2) is 0 Å². The summed E-state index contributed by atoms with van der Waals surface area (Å²) in [5, 5.41) is 3.35. The number of carbonyl (C=O) groups is 1. The Hall–Kier alpha value is -1.35. The first-order valence-corrected chi connectivity index (χ1v) is 7.18. The van der Waals surface area contributed by atoms with E-state index in [2.05, 4.69) is 50.4 Å². The molecule has 0 spiro atoms. The molecule has 1 aromatic rings. The minimum atomic E-state index is 0.0122. The molecule has 0 bridgehead atoms. The molecule has 104 valence electrons. The molecule has 0 aliphatic carbocycles. The van der Waals surface area contributed by atoms with Crippen LogP contribution in [0.5, 0.6) is 0 Å². The average Bonchev–Trinajstić information content (AvgIpc) is 2.72. The lowest BCUT2D eigenvalue weighted by atomic mass is 10.1. The van der Waals surface area contributed by atoms with Gasteiger partial charge < -0.3 is 10.2 Å². The van der Waals surface area contributed by atoms with Gasteiger partial charge in [0, 0.05) is 18.6 Å². The van der Waals surface area contributed by atoms with Crippen molar-refractivity contribution in [3.05, 3.63) is 35.9 Å². The van der Waals surface area contributed by atoms with E-state index in [4.69, 9.17) is 0 Å². The quantitative estimate of drug-likeness (QED) is 0.880. The summed E-state index contributed by atoms with van der Waals surface area (Å²) in [4.78, 5) is 14.4. The summed E-state index contributed by atoms with van der Waals surface area (Å²) < 4.78 is 0. The summed E-state index contributed by atoms with van der Waals surface area (Å²) in [6.07, 6.45) is 1.86. The fourth-order valence-corrected chi connectivity index (χ4v) is 2.76. The van der Waals surface area contributed by atoms with E-state index in [0.717, 1.165) is 19.4 Å². The number of amides is 1. The molecule has 3 nitrogen and oxygen atoms in total. The van der Waals surface area contributed by atoms with Gasteiger partial charge in [-0.3, -0.25) is 4.79 Å². The molecule has 19 heavy (non-hydrogen) atoms. The van der Waals surface area contributed by atoms with Crippen molar-refractivity contribution in [2.24, 2.45) is 0 Å². The Kier molecular flexibility index (Phi) is 4.59. The Labute approximate surface area is 116 Å². The minimum Gasteiger partial charge on any atom is -0.338 e. The Balaban J connectivity index is 1.94. The van der Waals surface area contributed by atoms with Gasteiger partial charge in [-0.25, -0.2) is 0 Å². The van der Waals surface area contributed by atoms with Crippen molar-refractivity contribution in [1.29, 1.82) is 0 Å². The van der Waals surface area contributed by atoms with Crippen LogP contribution in [0.1, 0.15) is 32.8 Å². The van der Waals surface area contributed by atoms with Crippen molar-refractivity contribution in [2.45, 2.75) is 51.7 Å². The second kappa shape index (κ2) is 6.20. The third-order valence-corrected chi connectivity index (χ3v) is 3.68. The second-order valence-electron chi connectivity index (χ2n) is 5.73. The number of rotatable bonds is 5. The van der Waals surface area contributed by atoms with Gasteiger partial charge >= 0.3 is 0 Å². The highest BCUT2D eigenvalue weighted by Crippen LogP contribution is 2.17. The van der Waals surface area contributed by atoms with Crippen molar-refractivity contribution in [2.75, 3.05) is 6.54 Å². The van der Waals surface area contributed by atoms with E-state index in [9.17, 15) is 4.79 Å². The van der Waals surface area contributed by atoms with Crippen LogP contribution in [-0.2, 0) is 11.2 Å². The summed E-state index contributed by atoms with van der Waals surface area (Å²) >= 11 is 0. The first-order chi connectivity index (χ1) is 9.08. The van der Waals surface area contributed by atoms with E-state index in [0.29, 0.717) is 6.04 Å². The monoisotopic (exact) mass is 260 g/mol. The number of hydrogen-bond donors (Lipinski definition) is 1.